The fourth-order valence-corrected chi connectivity index (χ4v) is 0.877. The van der Waals surface area contributed by atoms with E-state index >= 15 is 0 Å². The van der Waals surface area contributed by atoms with Gasteiger partial charge in [0.2, 0.25) is 0 Å². The summed E-state index contributed by atoms with van der Waals surface area (Å²) in [4.78, 5) is 32.5. The van der Waals surface area contributed by atoms with Crippen LogP contribution in [0.4, 0.5) is 9.59 Å². The van der Waals surface area contributed by atoms with Gasteiger partial charge in [-0.15, -0.1) is 0 Å². The van der Waals surface area contributed by atoms with Gasteiger partial charge in [-0.1, -0.05) is 0 Å². The Labute approximate surface area is 77.3 Å². The first-order valence-corrected chi connectivity index (χ1v) is 3.54. The lowest BCUT2D eigenvalue weighted by molar-refractivity contribution is 0.172. The lowest BCUT2D eigenvalue weighted by atomic mass is 10.9. The number of carbonyl (C=O) groups is 2. The molecule has 1 rings (SSSR count). The molecule has 0 bridgehead atoms. The minimum atomic E-state index is -0.979. The van der Waals surface area contributed by atoms with Crippen LogP contribution in [0.2, 0.25) is 0 Å². The van der Waals surface area contributed by atoms with Gasteiger partial charge in [0.05, 0.1) is 7.11 Å². The molecule has 0 atom stereocenters. The second-order valence-corrected chi connectivity index (χ2v) is 2.37. The number of aromatic nitrogens is 2. The summed E-state index contributed by atoms with van der Waals surface area (Å²) in [6, 6.07) is 0. The predicted octanol–water partition coefficient (Wildman–Crippen LogP) is 0.471. The van der Waals surface area contributed by atoms with Crippen LogP contribution >= 0.6 is 11.6 Å². The fraction of sp³-hybridized carbons (Fsp3) is 0.167. The minimum Gasteiger partial charge on any atom is -0.452 e. The van der Waals surface area contributed by atoms with Gasteiger partial charge in [0.15, 0.2) is 0 Å². The van der Waals surface area contributed by atoms with Gasteiger partial charge in [-0.25, -0.2) is 18.7 Å². The molecule has 0 aliphatic rings. The van der Waals surface area contributed by atoms with Gasteiger partial charge >= 0.3 is 17.1 Å². The van der Waals surface area contributed by atoms with Gasteiger partial charge in [-0.2, -0.15) is 0 Å². The SMILES string of the molecule is COC(=O)n1ccn(C(=O)Cl)c1=O. The van der Waals surface area contributed by atoms with E-state index in [0.717, 1.165) is 19.5 Å². The van der Waals surface area contributed by atoms with Crippen LogP contribution in [0.25, 0.3) is 0 Å². The fourth-order valence-electron chi connectivity index (χ4n) is 0.748. The second-order valence-electron chi connectivity index (χ2n) is 2.04. The van der Waals surface area contributed by atoms with E-state index in [1.54, 1.807) is 0 Å². The Bertz CT molecular complexity index is 405. The lowest BCUT2D eigenvalue weighted by Crippen LogP contribution is -2.30. The molecule has 0 unspecified atom stereocenters. The number of hydrogen-bond donors (Lipinski definition) is 0. The molecule has 0 aromatic carbocycles. The number of ether oxygens (including phenoxy) is 1. The summed E-state index contributed by atoms with van der Waals surface area (Å²) in [6.45, 7) is 0. The van der Waals surface area contributed by atoms with E-state index in [4.69, 9.17) is 11.6 Å². The number of nitrogens with zero attached hydrogens (tertiary/aromatic N) is 2. The molecule has 0 spiro atoms. The van der Waals surface area contributed by atoms with Crippen LogP contribution in [-0.2, 0) is 4.74 Å². The minimum absolute atomic E-state index is 0.582. The highest BCUT2D eigenvalue weighted by Crippen LogP contribution is 1.90. The summed E-state index contributed by atoms with van der Waals surface area (Å²) in [5, 5.41) is -0.979. The smallest absolute Gasteiger partial charge is 0.421 e. The number of methoxy groups -OCH3 is 1. The zero-order chi connectivity index (χ0) is 10.0. The Hall–Kier alpha value is -1.56. The lowest BCUT2D eigenvalue weighted by Gasteiger charge is -1.95. The summed E-state index contributed by atoms with van der Waals surface area (Å²) in [5.74, 6) is 0. The molecule has 0 aliphatic heterocycles. The zero-order valence-corrected chi connectivity index (χ0v) is 7.32. The van der Waals surface area contributed by atoms with Crippen LogP contribution in [0.1, 0.15) is 0 Å². The molecule has 0 N–H and O–H groups in total. The van der Waals surface area contributed by atoms with Crippen LogP contribution < -0.4 is 5.69 Å². The van der Waals surface area contributed by atoms with Crippen LogP contribution in [0, 0.1) is 0 Å². The molecule has 0 fully saturated rings. The van der Waals surface area contributed by atoms with E-state index < -0.39 is 17.1 Å². The molecule has 0 aliphatic carbocycles. The molecular weight excluding hydrogens is 200 g/mol. The van der Waals surface area contributed by atoms with Crippen molar-refractivity contribution in [1.82, 2.24) is 9.13 Å². The molecule has 0 amide bonds. The van der Waals surface area contributed by atoms with Gasteiger partial charge in [-0.05, 0) is 11.6 Å². The molecule has 0 radical (unpaired) electrons. The third-order valence-corrected chi connectivity index (χ3v) is 1.52. The maximum atomic E-state index is 11.1. The number of rotatable bonds is 0. The van der Waals surface area contributed by atoms with E-state index in [1.807, 2.05) is 0 Å². The number of carbonyl (C=O) groups excluding carboxylic acids is 2. The third kappa shape index (κ3) is 1.62. The summed E-state index contributed by atoms with van der Waals surface area (Å²) >= 11 is 5.03. The van der Waals surface area contributed by atoms with Gasteiger partial charge in [0.1, 0.15) is 0 Å². The van der Waals surface area contributed by atoms with Crippen molar-refractivity contribution in [3.8, 4) is 0 Å². The Morgan fingerprint density at radius 2 is 1.92 bits per heavy atom. The zero-order valence-electron chi connectivity index (χ0n) is 6.56. The Morgan fingerprint density at radius 1 is 1.38 bits per heavy atom. The van der Waals surface area contributed by atoms with Crippen LogP contribution in [-0.4, -0.2) is 27.7 Å². The first kappa shape index (κ1) is 9.53. The Morgan fingerprint density at radius 3 is 2.31 bits per heavy atom. The van der Waals surface area contributed by atoms with Crippen molar-refractivity contribution in [2.75, 3.05) is 7.11 Å². The van der Waals surface area contributed by atoms with Crippen molar-refractivity contribution in [2.24, 2.45) is 0 Å². The third-order valence-electron chi connectivity index (χ3n) is 1.34. The first-order chi connectivity index (χ1) is 6.07. The van der Waals surface area contributed by atoms with Crippen LogP contribution in [0.3, 0.4) is 0 Å². The summed E-state index contributed by atoms with van der Waals surface area (Å²) in [6.07, 6.45) is 1.30. The summed E-state index contributed by atoms with van der Waals surface area (Å²) in [5.41, 5.74) is -0.855. The van der Waals surface area contributed by atoms with E-state index in [-0.39, 0.29) is 0 Å². The largest absolute Gasteiger partial charge is 0.452 e. The summed E-state index contributed by atoms with van der Waals surface area (Å²) in [7, 11) is 1.12. The van der Waals surface area contributed by atoms with E-state index in [9.17, 15) is 14.4 Å². The number of hydrogen-bond acceptors (Lipinski definition) is 4. The second kappa shape index (κ2) is 3.44. The van der Waals surface area contributed by atoms with Crippen molar-refractivity contribution in [2.45, 2.75) is 0 Å². The Kier molecular flexibility index (Phi) is 2.52. The molecule has 13 heavy (non-hydrogen) atoms. The molecule has 0 saturated carbocycles. The van der Waals surface area contributed by atoms with Crippen molar-refractivity contribution in [3.05, 3.63) is 22.9 Å². The van der Waals surface area contributed by atoms with E-state index in [0.29, 0.717) is 9.13 Å². The topological polar surface area (TPSA) is 70.3 Å². The van der Waals surface area contributed by atoms with Gasteiger partial charge < -0.3 is 4.74 Å². The molecule has 1 heterocycles. The maximum Gasteiger partial charge on any atom is 0.421 e. The molecule has 70 valence electrons. The normalized spacial score (nSPS) is 9.69. The molecule has 6 nitrogen and oxygen atoms in total. The average molecular weight is 205 g/mol. The molecule has 0 saturated heterocycles. The van der Waals surface area contributed by atoms with Gasteiger partial charge in [-0.3, -0.25) is 4.79 Å². The highest BCUT2D eigenvalue weighted by molar-refractivity contribution is 6.63. The first-order valence-electron chi connectivity index (χ1n) is 3.16. The number of halogens is 1. The van der Waals surface area contributed by atoms with Gasteiger partial charge in [0, 0.05) is 12.4 Å². The van der Waals surface area contributed by atoms with Crippen molar-refractivity contribution in [3.63, 3.8) is 0 Å². The molecule has 1 aromatic rings. The number of imidazole rings is 1. The van der Waals surface area contributed by atoms with Crippen molar-refractivity contribution < 1.29 is 14.3 Å². The standard InChI is InChI=1S/C6H5ClN2O4/c1-13-6(12)9-3-2-8(4(7)10)5(9)11/h2-3H,1H3. The van der Waals surface area contributed by atoms with E-state index in [1.165, 1.54) is 0 Å². The van der Waals surface area contributed by atoms with Crippen LogP contribution in [0.15, 0.2) is 17.2 Å². The van der Waals surface area contributed by atoms with Crippen molar-refractivity contribution in [1.29, 1.82) is 0 Å². The van der Waals surface area contributed by atoms with Crippen molar-refractivity contribution >= 4 is 23.1 Å². The van der Waals surface area contributed by atoms with E-state index in [2.05, 4.69) is 4.74 Å². The van der Waals surface area contributed by atoms with Crippen LogP contribution in [0.5, 0.6) is 0 Å². The highest BCUT2D eigenvalue weighted by Gasteiger charge is 2.13. The highest BCUT2D eigenvalue weighted by atomic mass is 35.5. The average Bonchev–Trinajstić information content (AvgIpc) is 2.46. The monoisotopic (exact) mass is 204 g/mol. The predicted molar refractivity (Wildman–Crippen MR) is 43.1 cm³/mol. The quantitative estimate of drug-likeness (QED) is 0.576. The molecular formula is C6H5ClN2O4. The maximum absolute atomic E-state index is 11.1. The molecule has 7 heteroatoms. The van der Waals surface area contributed by atoms with Gasteiger partial charge in [0.25, 0.3) is 0 Å². The molecule has 1 aromatic heterocycles. The Balaban J connectivity index is 3.22. The summed E-state index contributed by atoms with van der Waals surface area (Å²) < 4.78 is 5.47.